The molecule has 1 saturated heterocycles. The van der Waals surface area contributed by atoms with Crippen molar-refractivity contribution in [3.05, 3.63) is 34.4 Å². The second-order valence-corrected chi connectivity index (χ2v) is 6.52. The quantitative estimate of drug-likeness (QED) is 0.697. The van der Waals surface area contributed by atoms with E-state index < -0.39 is 15.9 Å². The van der Waals surface area contributed by atoms with Gasteiger partial charge in [0.2, 0.25) is 0 Å². The van der Waals surface area contributed by atoms with E-state index in [4.69, 9.17) is 0 Å². The normalized spacial score (nSPS) is 23.2. The monoisotopic (exact) mass is 268 g/mol. The lowest BCUT2D eigenvalue weighted by Gasteiger charge is -2.21. The number of pyridine rings is 1. The van der Waals surface area contributed by atoms with E-state index in [0.717, 1.165) is 0 Å². The van der Waals surface area contributed by atoms with Gasteiger partial charge >= 0.3 is 0 Å². The number of hydrogen-bond donors (Lipinski definition) is 2. The summed E-state index contributed by atoms with van der Waals surface area (Å²) < 4.78 is 24.6. The predicted molar refractivity (Wildman–Crippen MR) is 65.2 cm³/mol. The SMILES string of the molecule is O=c1cccc2[nH]nc(C3CS(=O)(=O)CCN3)n12. The van der Waals surface area contributed by atoms with Crippen LogP contribution in [0.4, 0.5) is 0 Å². The van der Waals surface area contributed by atoms with Gasteiger partial charge in [0.15, 0.2) is 15.7 Å². The maximum Gasteiger partial charge on any atom is 0.257 e. The largest absolute Gasteiger partial charge is 0.305 e. The van der Waals surface area contributed by atoms with Crippen LogP contribution in [0.5, 0.6) is 0 Å². The molecule has 2 aromatic rings. The van der Waals surface area contributed by atoms with Crippen LogP contribution in [0.3, 0.4) is 0 Å². The Labute approximate surface area is 103 Å². The van der Waals surface area contributed by atoms with Crippen LogP contribution in [0.1, 0.15) is 11.9 Å². The first-order valence-electron chi connectivity index (χ1n) is 5.57. The number of H-pyrrole nitrogens is 1. The number of nitrogens with one attached hydrogen (secondary N) is 2. The molecule has 18 heavy (non-hydrogen) atoms. The summed E-state index contributed by atoms with van der Waals surface area (Å²) in [5, 5.41) is 9.86. The number of hydrogen-bond acceptors (Lipinski definition) is 5. The zero-order valence-corrected chi connectivity index (χ0v) is 10.3. The lowest BCUT2D eigenvalue weighted by Crippen LogP contribution is -2.40. The standard InChI is InChI=1S/C10H12N4O3S/c15-9-3-1-2-8-12-13-10(14(8)9)7-6-18(16,17)5-4-11-7/h1-3,7,11-12H,4-6H2. The van der Waals surface area contributed by atoms with Gasteiger partial charge in [0.25, 0.3) is 5.56 Å². The summed E-state index contributed by atoms with van der Waals surface area (Å²) in [7, 11) is -3.07. The molecule has 0 aliphatic carbocycles. The van der Waals surface area contributed by atoms with Gasteiger partial charge in [-0.05, 0) is 6.07 Å². The van der Waals surface area contributed by atoms with E-state index in [0.29, 0.717) is 18.0 Å². The lowest BCUT2D eigenvalue weighted by molar-refractivity contribution is 0.511. The molecule has 3 heterocycles. The molecule has 0 spiro atoms. The summed E-state index contributed by atoms with van der Waals surface area (Å²) >= 11 is 0. The van der Waals surface area contributed by atoms with Gasteiger partial charge in [-0.1, -0.05) is 6.07 Å². The van der Waals surface area contributed by atoms with Crippen molar-refractivity contribution in [1.29, 1.82) is 0 Å². The van der Waals surface area contributed by atoms with Crippen LogP contribution in [-0.4, -0.2) is 41.1 Å². The summed E-state index contributed by atoms with van der Waals surface area (Å²) in [4.78, 5) is 11.8. The van der Waals surface area contributed by atoms with Crippen LogP contribution in [-0.2, 0) is 9.84 Å². The molecule has 0 saturated carbocycles. The molecule has 2 N–H and O–H groups in total. The summed E-state index contributed by atoms with van der Waals surface area (Å²) in [6, 6.07) is 4.32. The molecule has 1 unspecified atom stereocenters. The molecular weight excluding hydrogens is 256 g/mol. The molecule has 3 rings (SSSR count). The Morgan fingerprint density at radius 3 is 3.00 bits per heavy atom. The van der Waals surface area contributed by atoms with Gasteiger partial charge in [-0.3, -0.25) is 9.89 Å². The van der Waals surface area contributed by atoms with Gasteiger partial charge in [0.1, 0.15) is 5.65 Å². The fourth-order valence-corrected chi connectivity index (χ4v) is 3.53. The summed E-state index contributed by atoms with van der Waals surface area (Å²) in [5.41, 5.74) is 0.336. The van der Waals surface area contributed by atoms with Gasteiger partial charge < -0.3 is 5.32 Å². The first-order valence-corrected chi connectivity index (χ1v) is 7.39. The molecule has 96 valence electrons. The Balaban J connectivity index is 2.12. The van der Waals surface area contributed by atoms with Crippen LogP contribution in [0.15, 0.2) is 23.0 Å². The first-order chi connectivity index (χ1) is 8.57. The average Bonchev–Trinajstić information content (AvgIpc) is 2.73. The number of rotatable bonds is 1. The fourth-order valence-electron chi connectivity index (χ4n) is 2.16. The zero-order chi connectivity index (χ0) is 12.8. The zero-order valence-electron chi connectivity index (χ0n) is 9.46. The molecule has 0 aromatic carbocycles. The second-order valence-electron chi connectivity index (χ2n) is 4.29. The number of fused-ring (bicyclic) bond motifs is 1. The van der Waals surface area contributed by atoms with Gasteiger partial charge in [-0.2, -0.15) is 5.10 Å². The van der Waals surface area contributed by atoms with E-state index in [1.54, 1.807) is 12.1 Å². The van der Waals surface area contributed by atoms with E-state index in [2.05, 4.69) is 15.5 Å². The lowest BCUT2D eigenvalue weighted by atomic mass is 10.3. The molecule has 1 aliphatic heterocycles. The molecule has 0 bridgehead atoms. The molecule has 1 fully saturated rings. The van der Waals surface area contributed by atoms with Crippen molar-refractivity contribution in [1.82, 2.24) is 19.9 Å². The van der Waals surface area contributed by atoms with Crippen LogP contribution < -0.4 is 10.9 Å². The number of sulfone groups is 1. The maximum absolute atomic E-state index is 11.8. The third-order valence-electron chi connectivity index (χ3n) is 3.00. The Hall–Kier alpha value is -1.67. The number of aromatic amines is 1. The Morgan fingerprint density at radius 2 is 2.22 bits per heavy atom. The van der Waals surface area contributed by atoms with Crippen LogP contribution >= 0.6 is 0 Å². The summed E-state index contributed by atoms with van der Waals surface area (Å²) in [5.74, 6) is 0.508. The van der Waals surface area contributed by atoms with Crippen molar-refractivity contribution in [2.75, 3.05) is 18.1 Å². The highest BCUT2D eigenvalue weighted by Crippen LogP contribution is 2.16. The average molecular weight is 268 g/mol. The summed E-state index contributed by atoms with van der Waals surface area (Å²) in [6.45, 7) is 0.378. The third kappa shape index (κ3) is 1.83. The van der Waals surface area contributed by atoms with E-state index in [9.17, 15) is 13.2 Å². The minimum absolute atomic E-state index is 0.0334. The van der Waals surface area contributed by atoms with E-state index in [1.807, 2.05) is 0 Å². The van der Waals surface area contributed by atoms with Gasteiger partial charge in [-0.25, -0.2) is 12.8 Å². The number of aromatic nitrogens is 3. The minimum Gasteiger partial charge on any atom is -0.305 e. The van der Waals surface area contributed by atoms with E-state index >= 15 is 0 Å². The smallest absolute Gasteiger partial charge is 0.257 e. The van der Waals surface area contributed by atoms with Gasteiger partial charge in [0.05, 0.1) is 17.5 Å². The van der Waals surface area contributed by atoms with Crippen LogP contribution in [0, 0.1) is 0 Å². The fraction of sp³-hybridized carbons (Fsp3) is 0.400. The molecule has 1 atom stereocenters. The molecule has 8 heteroatoms. The second kappa shape index (κ2) is 3.92. The Bertz CT molecular complexity index is 746. The summed E-state index contributed by atoms with van der Waals surface area (Å²) in [6.07, 6.45) is 0. The van der Waals surface area contributed by atoms with Crippen LogP contribution in [0.25, 0.3) is 5.65 Å². The molecule has 1 aliphatic rings. The maximum atomic E-state index is 11.8. The van der Waals surface area contributed by atoms with E-state index in [1.165, 1.54) is 10.5 Å². The van der Waals surface area contributed by atoms with Crippen molar-refractivity contribution in [3.8, 4) is 0 Å². The Morgan fingerprint density at radius 1 is 1.39 bits per heavy atom. The highest BCUT2D eigenvalue weighted by molar-refractivity contribution is 7.91. The van der Waals surface area contributed by atoms with Crippen molar-refractivity contribution in [3.63, 3.8) is 0 Å². The third-order valence-corrected chi connectivity index (χ3v) is 4.67. The highest BCUT2D eigenvalue weighted by atomic mass is 32.2. The van der Waals surface area contributed by atoms with Crippen LogP contribution in [0.2, 0.25) is 0 Å². The highest BCUT2D eigenvalue weighted by Gasteiger charge is 2.28. The van der Waals surface area contributed by atoms with Crippen molar-refractivity contribution in [2.45, 2.75) is 6.04 Å². The van der Waals surface area contributed by atoms with Gasteiger partial charge in [0, 0.05) is 12.6 Å². The van der Waals surface area contributed by atoms with Crippen molar-refractivity contribution in [2.24, 2.45) is 0 Å². The van der Waals surface area contributed by atoms with Crippen molar-refractivity contribution >= 4 is 15.5 Å². The van der Waals surface area contributed by atoms with Crippen molar-refractivity contribution < 1.29 is 8.42 Å². The molecule has 2 aromatic heterocycles. The molecule has 7 nitrogen and oxygen atoms in total. The predicted octanol–water partition coefficient (Wildman–Crippen LogP) is -0.918. The molecule has 0 amide bonds. The molecule has 0 radical (unpaired) electrons. The molecular formula is C10H12N4O3S. The minimum atomic E-state index is -3.07. The number of nitrogens with zero attached hydrogens (tertiary/aromatic N) is 2. The van der Waals surface area contributed by atoms with E-state index in [-0.39, 0.29) is 17.1 Å². The Kier molecular flexibility index (Phi) is 2.49. The van der Waals surface area contributed by atoms with Gasteiger partial charge in [-0.15, -0.1) is 0 Å². The first kappa shape index (κ1) is 11.4. The topological polar surface area (TPSA) is 96.3 Å².